The van der Waals surface area contributed by atoms with Crippen molar-refractivity contribution in [2.24, 2.45) is 4.99 Å². The van der Waals surface area contributed by atoms with E-state index in [9.17, 15) is 4.79 Å². The molecule has 2 N–H and O–H groups in total. The van der Waals surface area contributed by atoms with Gasteiger partial charge >= 0.3 is 0 Å². The van der Waals surface area contributed by atoms with Gasteiger partial charge in [0.05, 0.1) is 6.10 Å². The van der Waals surface area contributed by atoms with Gasteiger partial charge in [0.15, 0.2) is 17.5 Å². The SMILES string of the molecule is CN(C)C(=O)CN=C(NCCc1ccc2c(c1)OCO2)NCC1CCCO1. The summed E-state index contributed by atoms with van der Waals surface area (Å²) < 4.78 is 16.4. The van der Waals surface area contributed by atoms with Gasteiger partial charge in [0.1, 0.15) is 6.54 Å². The molecule has 3 rings (SSSR count). The predicted octanol–water partition coefficient (Wildman–Crippen LogP) is 0.760. The van der Waals surface area contributed by atoms with Crippen LogP contribution in [0.4, 0.5) is 0 Å². The van der Waals surface area contributed by atoms with Crippen molar-refractivity contribution >= 4 is 11.9 Å². The van der Waals surface area contributed by atoms with Crippen LogP contribution in [0.5, 0.6) is 11.5 Å². The normalized spacial score (nSPS) is 18.4. The van der Waals surface area contributed by atoms with Crippen molar-refractivity contribution in [3.05, 3.63) is 23.8 Å². The molecule has 1 fully saturated rings. The number of fused-ring (bicyclic) bond motifs is 1. The molecule has 1 unspecified atom stereocenters. The summed E-state index contributed by atoms with van der Waals surface area (Å²) in [6.45, 7) is 2.58. The van der Waals surface area contributed by atoms with Gasteiger partial charge in [-0.3, -0.25) is 4.79 Å². The van der Waals surface area contributed by atoms with E-state index in [4.69, 9.17) is 14.2 Å². The molecular weight excluding hydrogens is 348 g/mol. The van der Waals surface area contributed by atoms with E-state index in [1.165, 1.54) is 4.90 Å². The summed E-state index contributed by atoms with van der Waals surface area (Å²) in [7, 11) is 3.45. The van der Waals surface area contributed by atoms with Crippen LogP contribution in [0.15, 0.2) is 23.2 Å². The summed E-state index contributed by atoms with van der Waals surface area (Å²) in [6, 6.07) is 5.95. The molecule has 148 valence electrons. The number of aliphatic imine (C=N–C) groups is 1. The first kappa shape index (κ1) is 19.3. The number of ether oxygens (including phenoxy) is 3. The minimum atomic E-state index is -0.0380. The number of rotatable bonds is 7. The number of carbonyl (C=O) groups is 1. The van der Waals surface area contributed by atoms with Crippen molar-refractivity contribution in [3.8, 4) is 11.5 Å². The van der Waals surface area contributed by atoms with Gasteiger partial charge in [-0.1, -0.05) is 6.07 Å². The van der Waals surface area contributed by atoms with Crippen molar-refractivity contribution in [3.63, 3.8) is 0 Å². The Bertz CT molecular complexity index is 672. The number of likely N-dealkylation sites (N-methyl/N-ethyl adjacent to an activating group) is 1. The van der Waals surface area contributed by atoms with E-state index in [1.807, 2.05) is 18.2 Å². The number of hydrogen-bond donors (Lipinski definition) is 2. The highest BCUT2D eigenvalue weighted by Gasteiger charge is 2.16. The third-order valence-corrected chi connectivity index (χ3v) is 4.54. The van der Waals surface area contributed by atoms with E-state index in [2.05, 4.69) is 15.6 Å². The molecule has 1 atom stereocenters. The topological polar surface area (TPSA) is 84.4 Å². The van der Waals surface area contributed by atoms with E-state index in [0.29, 0.717) is 19.0 Å². The molecule has 2 aliphatic heterocycles. The second-order valence-corrected chi connectivity index (χ2v) is 6.83. The van der Waals surface area contributed by atoms with Crippen LogP contribution < -0.4 is 20.1 Å². The molecule has 8 nitrogen and oxygen atoms in total. The second kappa shape index (κ2) is 9.45. The molecule has 2 heterocycles. The maximum absolute atomic E-state index is 11.8. The summed E-state index contributed by atoms with van der Waals surface area (Å²) in [5.74, 6) is 2.16. The zero-order valence-electron chi connectivity index (χ0n) is 16.0. The fraction of sp³-hybridized carbons (Fsp3) is 0.579. The molecule has 0 bridgehead atoms. The predicted molar refractivity (Wildman–Crippen MR) is 102 cm³/mol. The van der Waals surface area contributed by atoms with Crippen molar-refractivity contribution in [2.45, 2.75) is 25.4 Å². The molecule has 0 aliphatic carbocycles. The second-order valence-electron chi connectivity index (χ2n) is 6.83. The minimum absolute atomic E-state index is 0.0380. The molecule has 1 amide bonds. The number of nitrogens with one attached hydrogen (secondary N) is 2. The Morgan fingerprint density at radius 2 is 2.11 bits per heavy atom. The van der Waals surface area contributed by atoms with Crippen molar-refractivity contribution < 1.29 is 19.0 Å². The fourth-order valence-electron chi connectivity index (χ4n) is 2.90. The molecule has 1 aromatic carbocycles. The van der Waals surface area contributed by atoms with E-state index < -0.39 is 0 Å². The van der Waals surface area contributed by atoms with Crippen LogP contribution in [0.25, 0.3) is 0 Å². The molecule has 0 saturated carbocycles. The van der Waals surface area contributed by atoms with Crippen LogP contribution in [0.1, 0.15) is 18.4 Å². The fourth-order valence-corrected chi connectivity index (χ4v) is 2.90. The highest BCUT2D eigenvalue weighted by molar-refractivity contribution is 5.84. The average Bonchev–Trinajstić information content (AvgIpc) is 3.34. The minimum Gasteiger partial charge on any atom is -0.454 e. The maximum atomic E-state index is 11.8. The molecule has 2 aliphatic rings. The summed E-state index contributed by atoms with van der Waals surface area (Å²) in [5, 5.41) is 6.58. The van der Waals surface area contributed by atoms with E-state index >= 15 is 0 Å². The Morgan fingerprint density at radius 3 is 2.89 bits per heavy atom. The lowest BCUT2D eigenvalue weighted by Gasteiger charge is -2.16. The van der Waals surface area contributed by atoms with Gasteiger partial charge in [0.2, 0.25) is 12.7 Å². The average molecular weight is 376 g/mol. The van der Waals surface area contributed by atoms with Gasteiger partial charge in [-0.15, -0.1) is 0 Å². The van der Waals surface area contributed by atoms with Gasteiger partial charge in [-0.05, 0) is 37.0 Å². The first-order valence-electron chi connectivity index (χ1n) is 9.34. The summed E-state index contributed by atoms with van der Waals surface area (Å²) in [4.78, 5) is 17.8. The monoisotopic (exact) mass is 376 g/mol. The zero-order chi connectivity index (χ0) is 19.1. The third kappa shape index (κ3) is 5.75. The van der Waals surface area contributed by atoms with Gasteiger partial charge in [-0.25, -0.2) is 4.99 Å². The molecular formula is C19H28N4O4. The highest BCUT2D eigenvalue weighted by Crippen LogP contribution is 2.32. The van der Waals surface area contributed by atoms with Gasteiger partial charge in [-0.2, -0.15) is 0 Å². The van der Waals surface area contributed by atoms with Crippen molar-refractivity contribution in [2.75, 3.05) is 47.1 Å². The smallest absolute Gasteiger partial charge is 0.243 e. The van der Waals surface area contributed by atoms with Gasteiger partial charge < -0.3 is 29.7 Å². The molecule has 1 saturated heterocycles. The van der Waals surface area contributed by atoms with E-state index in [0.717, 1.165) is 42.9 Å². The molecule has 27 heavy (non-hydrogen) atoms. The lowest BCUT2D eigenvalue weighted by Crippen LogP contribution is -2.42. The zero-order valence-corrected chi connectivity index (χ0v) is 16.0. The van der Waals surface area contributed by atoms with Crippen molar-refractivity contribution in [1.29, 1.82) is 0 Å². The first-order chi connectivity index (χ1) is 13.1. The number of hydrogen-bond acceptors (Lipinski definition) is 5. The summed E-state index contributed by atoms with van der Waals surface area (Å²) in [5.41, 5.74) is 1.15. The number of guanidine groups is 1. The van der Waals surface area contributed by atoms with Gasteiger partial charge in [0, 0.05) is 33.8 Å². The van der Waals surface area contributed by atoms with Crippen molar-refractivity contribution in [1.82, 2.24) is 15.5 Å². The Morgan fingerprint density at radius 1 is 1.26 bits per heavy atom. The lowest BCUT2D eigenvalue weighted by atomic mass is 10.1. The van der Waals surface area contributed by atoms with Crippen LogP contribution >= 0.6 is 0 Å². The Balaban J connectivity index is 1.51. The molecule has 8 heteroatoms. The summed E-state index contributed by atoms with van der Waals surface area (Å²) in [6.07, 6.45) is 3.15. The van der Waals surface area contributed by atoms with Crippen LogP contribution in [0.2, 0.25) is 0 Å². The quantitative estimate of drug-likeness (QED) is 0.540. The number of carbonyl (C=O) groups excluding carboxylic acids is 1. The van der Waals surface area contributed by atoms with Crippen LogP contribution in [0, 0.1) is 0 Å². The first-order valence-corrected chi connectivity index (χ1v) is 9.34. The number of amides is 1. The number of benzene rings is 1. The van der Waals surface area contributed by atoms with Crippen LogP contribution in [-0.4, -0.2) is 70.0 Å². The highest BCUT2D eigenvalue weighted by atomic mass is 16.7. The van der Waals surface area contributed by atoms with E-state index in [-0.39, 0.29) is 25.3 Å². The van der Waals surface area contributed by atoms with Gasteiger partial charge in [0.25, 0.3) is 0 Å². The molecule has 0 aromatic heterocycles. The number of nitrogens with zero attached hydrogens (tertiary/aromatic N) is 2. The molecule has 1 aromatic rings. The maximum Gasteiger partial charge on any atom is 0.243 e. The van der Waals surface area contributed by atoms with Crippen LogP contribution in [-0.2, 0) is 16.0 Å². The molecule has 0 radical (unpaired) electrons. The molecule has 0 spiro atoms. The van der Waals surface area contributed by atoms with E-state index in [1.54, 1.807) is 14.1 Å². The lowest BCUT2D eigenvalue weighted by molar-refractivity contribution is -0.127. The largest absolute Gasteiger partial charge is 0.454 e. The Hall–Kier alpha value is -2.48. The third-order valence-electron chi connectivity index (χ3n) is 4.54. The Kier molecular flexibility index (Phi) is 6.75. The summed E-state index contributed by atoms with van der Waals surface area (Å²) >= 11 is 0. The Labute approximate surface area is 159 Å². The standard InChI is InChI=1S/C19H28N4O4/c1-23(2)18(24)12-22-19(21-11-15-4-3-9-25-15)20-8-7-14-5-6-16-17(10-14)27-13-26-16/h5-6,10,15H,3-4,7-9,11-13H2,1-2H3,(H2,20,21,22). The van der Waals surface area contributed by atoms with Crippen LogP contribution in [0.3, 0.4) is 0 Å².